The van der Waals surface area contributed by atoms with Crippen LogP contribution in [0.5, 0.6) is 0 Å². The van der Waals surface area contributed by atoms with Crippen LogP contribution in [0.1, 0.15) is 20.8 Å². The number of likely N-dealkylation sites (tertiary alicyclic amines) is 1. The van der Waals surface area contributed by atoms with Gasteiger partial charge in [-0.2, -0.15) is 0 Å². The van der Waals surface area contributed by atoms with E-state index in [0.717, 1.165) is 0 Å². The van der Waals surface area contributed by atoms with Crippen LogP contribution in [-0.4, -0.2) is 82.3 Å². The molecule has 8 heteroatoms. The van der Waals surface area contributed by atoms with Crippen molar-refractivity contribution in [1.29, 1.82) is 0 Å². The molecule has 4 rings (SSSR count). The molecule has 4 heterocycles. The lowest BCUT2D eigenvalue weighted by Crippen LogP contribution is -2.58. The van der Waals surface area contributed by atoms with Crippen molar-refractivity contribution in [2.24, 2.45) is 11.8 Å². The third kappa shape index (κ3) is 2.47. The first kappa shape index (κ1) is 19.1. The molecule has 1 unspecified atom stereocenters. The predicted molar refractivity (Wildman–Crippen MR) is 97.9 cm³/mol. The number of amides is 2. The van der Waals surface area contributed by atoms with E-state index in [2.05, 4.69) is 0 Å². The molecule has 1 spiro atoms. The maximum absolute atomic E-state index is 13.5. The SMILES string of the molecule is CC(C)N1CC=C[C@]23O[C@@H]4C=CCOC(=O)[C@@H]4[C@H]2C(=O)N([C@H](C)CO)C3C1=O. The maximum atomic E-state index is 13.5. The molecular formula is C20H26N2O6. The summed E-state index contributed by atoms with van der Waals surface area (Å²) in [5, 5.41) is 9.74. The smallest absolute Gasteiger partial charge is 0.313 e. The Labute approximate surface area is 163 Å². The van der Waals surface area contributed by atoms with Gasteiger partial charge in [0, 0.05) is 12.6 Å². The quantitative estimate of drug-likeness (QED) is 0.533. The van der Waals surface area contributed by atoms with Crippen molar-refractivity contribution in [2.75, 3.05) is 19.8 Å². The van der Waals surface area contributed by atoms with Crippen molar-refractivity contribution < 1.29 is 29.0 Å². The standard InChI is InChI=1S/C20H26N2O6/c1-11(2)21-8-5-7-20-15(14-13(28-20)6-4-9-27-19(14)26)17(24)22(12(3)10-23)16(20)18(21)25/h4-7,11-16,23H,8-10H2,1-3H3/t12-,13-,14+,15+,16?,20+/m1/s1. The summed E-state index contributed by atoms with van der Waals surface area (Å²) in [6.07, 6.45) is 6.44. The van der Waals surface area contributed by atoms with E-state index in [9.17, 15) is 19.5 Å². The second-order valence-corrected chi connectivity index (χ2v) is 8.16. The summed E-state index contributed by atoms with van der Waals surface area (Å²) in [5.41, 5.74) is -1.25. The highest BCUT2D eigenvalue weighted by molar-refractivity contribution is 5.99. The third-order valence-corrected chi connectivity index (χ3v) is 6.25. The van der Waals surface area contributed by atoms with E-state index in [1.165, 1.54) is 4.90 Å². The van der Waals surface area contributed by atoms with E-state index in [-0.39, 0.29) is 31.1 Å². The highest BCUT2D eigenvalue weighted by Gasteiger charge is 2.72. The zero-order chi connectivity index (χ0) is 20.2. The summed E-state index contributed by atoms with van der Waals surface area (Å²) in [6.45, 7) is 5.77. The number of ether oxygens (including phenoxy) is 2. The molecule has 0 aromatic heterocycles. The summed E-state index contributed by atoms with van der Waals surface area (Å²) < 4.78 is 11.6. The van der Waals surface area contributed by atoms with Crippen molar-refractivity contribution in [1.82, 2.24) is 9.80 Å². The average molecular weight is 390 g/mol. The summed E-state index contributed by atoms with van der Waals surface area (Å²) >= 11 is 0. The Morgan fingerprint density at radius 2 is 1.96 bits per heavy atom. The number of fused-ring (bicyclic) bond motifs is 2. The van der Waals surface area contributed by atoms with Crippen molar-refractivity contribution in [3.8, 4) is 0 Å². The van der Waals surface area contributed by atoms with Crippen LogP contribution in [-0.2, 0) is 23.9 Å². The number of rotatable bonds is 3. The van der Waals surface area contributed by atoms with Gasteiger partial charge in [-0.1, -0.05) is 18.2 Å². The molecule has 6 atom stereocenters. The van der Waals surface area contributed by atoms with Gasteiger partial charge in [0.15, 0.2) is 0 Å². The molecule has 0 radical (unpaired) electrons. The fourth-order valence-corrected chi connectivity index (χ4v) is 4.95. The first-order valence-corrected chi connectivity index (χ1v) is 9.75. The Morgan fingerprint density at radius 3 is 2.64 bits per heavy atom. The first-order valence-electron chi connectivity index (χ1n) is 9.75. The number of hydrogen-bond acceptors (Lipinski definition) is 6. The fourth-order valence-electron chi connectivity index (χ4n) is 4.95. The van der Waals surface area contributed by atoms with E-state index in [1.807, 2.05) is 19.9 Å². The fraction of sp³-hybridized carbons (Fsp3) is 0.650. The topological polar surface area (TPSA) is 96.4 Å². The molecule has 8 nitrogen and oxygen atoms in total. The number of aliphatic hydroxyl groups excluding tert-OH is 1. The van der Waals surface area contributed by atoms with E-state index in [4.69, 9.17) is 9.47 Å². The van der Waals surface area contributed by atoms with E-state index >= 15 is 0 Å². The van der Waals surface area contributed by atoms with E-state index < -0.39 is 41.6 Å². The molecule has 0 aliphatic carbocycles. The molecule has 4 aliphatic rings. The molecule has 0 saturated carbocycles. The highest BCUT2D eigenvalue weighted by atomic mass is 16.6. The summed E-state index contributed by atoms with van der Waals surface area (Å²) in [6, 6.07) is -1.57. The molecule has 4 aliphatic heterocycles. The molecular weight excluding hydrogens is 364 g/mol. The Kier molecular flexibility index (Phi) is 4.58. The Bertz CT molecular complexity index is 762. The van der Waals surface area contributed by atoms with Crippen molar-refractivity contribution in [3.63, 3.8) is 0 Å². The van der Waals surface area contributed by atoms with Gasteiger partial charge in [-0.15, -0.1) is 0 Å². The summed E-state index contributed by atoms with van der Waals surface area (Å²) in [7, 11) is 0. The number of carbonyl (C=O) groups is 3. The lowest BCUT2D eigenvalue weighted by Gasteiger charge is -2.38. The van der Waals surface area contributed by atoms with Gasteiger partial charge >= 0.3 is 5.97 Å². The number of cyclic esters (lactones) is 1. The van der Waals surface area contributed by atoms with Gasteiger partial charge in [0.1, 0.15) is 24.2 Å². The molecule has 0 aromatic rings. The molecule has 1 N–H and O–H groups in total. The van der Waals surface area contributed by atoms with Gasteiger partial charge in [0.25, 0.3) is 0 Å². The lowest BCUT2D eigenvalue weighted by molar-refractivity contribution is -0.155. The minimum Gasteiger partial charge on any atom is -0.461 e. The predicted octanol–water partition coefficient (Wildman–Crippen LogP) is -0.132. The number of esters is 1. The van der Waals surface area contributed by atoms with Gasteiger partial charge in [0.05, 0.1) is 24.7 Å². The van der Waals surface area contributed by atoms with Crippen molar-refractivity contribution >= 4 is 17.8 Å². The van der Waals surface area contributed by atoms with E-state index in [0.29, 0.717) is 6.54 Å². The van der Waals surface area contributed by atoms with Crippen LogP contribution in [0.25, 0.3) is 0 Å². The molecule has 28 heavy (non-hydrogen) atoms. The molecule has 0 bridgehead atoms. The summed E-state index contributed by atoms with van der Waals surface area (Å²) in [4.78, 5) is 42.8. The summed E-state index contributed by atoms with van der Waals surface area (Å²) in [5.74, 6) is -2.75. The highest BCUT2D eigenvalue weighted by Crippen LogP contribution is 2.53. The number of hydrogen-bond donors (Lipinski definition) is 1. The van der Waals surface area contributed by atoms with Gasteiger partial charge in [-0.3, -0.25) is 14.4 Å². The van der Waals surface area contributed by atoms with Crippen LogP contribution in [0.2, 0.25) is 0 Å². The molecule has 152 valence electrons. The van der Waals surface area contributed by atoms with Gasteiger partial charge < -0.3 is 24.4 Å². The monoisotopic (exact) mass is 390 g/mol. The van der Waals surface area contributed by atoms with Gasteiger partial charge in [-0.25, -0.2) is 0 Å². The molecule has 2 fully saturated rings. The van der Waals surface area contributed by atoms with Crippen LogP contribution < -0.4 is 0 Å². The van der Waals surface area contributed by atoms with Crippen LogP contribution >= 0.6 is 0 Å². The second kappa shape index (κ2) is 6.70. The zero-order valence-electron chi connectivity index (χ0n) is 16.3. The van der Waals surface area contributed by atoms with Crippen molar-refractivity contribution in [3.05, 3.63) is 24.3 Å². The normalized spacial score (nSPS) is 38.1. The molecule has 2 amide bonds. The Morgan fingerprint density at radius 1 is 1.21 bits per heavy atom. The zero-order valence-corrected chi connectivity index (χ0v) is 16.3. The number of nitrogens with zero attached hydrogens (tertiary/aromatic N) is 2. The van der Waals surface area contributed by atoms with Gasteiger partial charge in [0.2, 0.25) is 11.8 Å². The lowest BCUT2D eigenvalue weighted by atomic mass is 9.78. The largest absolute Gasteiger partial charge is 0.461 e. The maximum Gasteiger partial charge on any atom is 0.313 e. The molecule has 0 aromatic carbocycles. The second-order valence-electron chi connectivity index (χ2n) is 8.16. The Balaban J connectivity index is 1.87. The minimum absolute atomic E-state index is 0.0653. The van der Waals surface area contributed by atoms with Gasteiger partial charge in [-0.05, 0) is 26.8 Å². The number of carbonyl (C=O) groups excluding carboxylic acids is 3. The third-order valence-electron chi connectivity index (χ3n) is 6.25. The molecule has 2 saturated heterocycles. The van der Waals surface area contributed by atoms with Crippen LogP contribution in [0.4, 0.5) is 0 Å². The minimum atomic E-state index is -1.25. The average Bonchev–Trinajstić information content (AvgIpc) is 2.96. The van der Waals surface area contributed by atoms with Crippen LogP contribution in [0, 0.1) is 11.8 Å². The van der Waals surface area contributed by atoms with Crippen LogP contribution in [0.3, 0.4) is 0 Å². The van der Waals surface area contributed by atoms with Crippen LogP contribution in [0.15, 0.2) is 24.3 Å². The number of aliphatic hydroxyl groups is 1. The Hall–Kier alpha value is -2.19. The first-order chi connectivity index (χ1) is 13.3. The van der Waals surface area contributed by atoms with Crippen molar-refractivity contribution in [2.45, 2.75) is 50.6 Å². The van der Waals surface area contributed by atoms with E-state index in [1.54, 1.807) is 30.1 Å².